The molecule has 2 N–H and O–H groups in total. The summed E-state index contributed by atoms with van der Waals surface area (Å²) in [5.41, 5.74) is -0.720. The summed E-state index contributed by atoms with van der Waals surface area (Å²) in [7, 11) is 0. The number of amides is 1. The van der Waals surface area contributed by atoms with Gasteiger partial charge in [-0.15, -0.1) is 11.6 Å². The Morgan fingerprint density at radius 3 is 2.45 bits per heavy atom. The third kappa shape index (κ3) is 4.30. The molecule has 0 aromatic heterocycles. The van der Waals surface area contributed by atoms with Gasteiger partial charge in [0.2, 0.25) is 5.82 Å². The zero-order valence-electron chi connectivity index (χ0n) is 10.7. The second-order valence-corrected chi connectivity index (χ2v) is 4.62. The number of nitrogens with one attached hydrogen (secondary N) is 1. The van der Waals surface area contributed by atoms with Gasteiger partial charge in [-0.05, 0) is 18.9 Å². The maximum absolute atomic E-state index is 13.4. The summed E-state index contributed by atoms with van der Waals surface area (Å²) >= 11 is 5.50. The molecule has 1 aromatic carbocycles. The zero-order valence-corrected chi connectivity index (χ0v) is 11.4. The Bertz CT molecular complexity index is 483. The Morgan fingerprint density at radius 1 is 1.15 bits per heavy atom. The predicted octanol–water partition coefficient (Wildman–Crippen LogP) is 3.34. The van der Waals surface area contributed by atoms with Crippen molar-refractivity contribution in [2.45, 2.75) is 25.7 Å². The molecule has 1 amide bonds. The van der Waals surface area contributed by atoms with Crippen molar-refractivity contribution in [1.29, 1.82) is 0 Å². The minimum atomic E-state index is -1.71. The molecule has 3 nitrogen and oxygen atoms in total. The van der Waals surface area contributed by atoms with Crippen molar-refractivity contribution in [3.63, 3.8) is 0 Å². The van der Waals surface area contributed by atoms with E-state index in [0.717, 1.165) is 19.3 Å². The maximum atomic E-state index is 13.4. The molecule has 0 aliphatic rings. The van der Waals surface area contributed by atoms with Crippen molar-refractivity contribution in [3.05, 3.63) is 29.1 Å². The number of phenolic OH excluding ortho intramolecular Hbond substituents is 1. The molecule has 1 rings (SSSR count). The van der Waals surface area contributed by atoms with Gasteiger partial charge < -0.3 is 10.4 Å². The van der Waals surface area contributed by atoms with Gasteiger partial charge in [0.15, 0.2) is 17.4 Å². The van der Waals surface area contributed by atoms with Crippen LogP contribution in [0.2, 0.25) is 0 Å². The molecule has 20 heavy (non-hydrogen) atoms. The van der Waals surface area contributed by atoms with E-state index in [4.69, 9.17) is 16.7 Å². The van der Waals surface area contributed by atoms with Crippen LogP contribution in [0, 0.1) is 17.5 Å². The van der Waals surface area contributed by atoms with Gasteiger partial charge in [-0.25, -0.2) is 8.78 Å². The predicted molar refractivity (Wildman–Crippen MR) is 69.5 cm³/mol. The third-order valence-corrected chi connectivity index (χ3v) is 2.99. The Morgan fingerprint density at radius 2 is 1.80 bits per heavy atom. The highest BCUT2D eigenvalue weighted by Crippen LogP contribution is 2.25. The highest BCUT2D eigenvalue weighted by atomic mass is 35.5. The van der Waals surface area contributed by atoms with Crippen LogP contribution in [0.5, 0.6) is 5.75 Å². The highest BCUT2D eigenvalue weighted by Gasteiger charge is 2.22. The molecule has 0 radical (unpaired) electrons. The van der Waals surface area contributed by atoms with Crippen LogP contribution in [-0.4, -0.2) is 23.4 Å². The molecular weight excluding hydrogens is 295 g/mol. The largest absolute Gasteiger partial charge is 0.503 e. The Balaban J connectivity index is 2.56. The van der Waals surface area contributed by atoms with E-state index in [1.165, 1.54) is 0 Å². The SMILES string of the molecule is O=C(NCCCCCCCl)c1cc(F)c(F)c(O)c1F. The van der Waals surface area contributed by atoms with Crippen molar-refractivity contribution < 1.29 is 23.1 Å². The van der Waals surface area contributed by atoms with Crippen molar-refractivity contribution in [2.24, 2.45) is 0 Å². The number of carbonyl (C=O) groups is 1. The molecular formula is C13H15ClF3NO2. The summed E-state index contributed by atoms with van der Waals surface area (Å²) in [6, 6.07) is 0.424. The first-order valence-corrected chi connectivity index (χ1v) is 6.73. The van der Waals surface area contributed by atoms with Gasteiger partial charge in [-0.2, -0.15) is 4.39 Å². The summed E-state index contributed by atoms with van der Waals surface area (Å²) in [6.07, 6.45) is 3.30. The van der Waals surface area contributed by atoms with Gasteiger partial charge >= 0.3 is 0 Å². The lowest BCUT2D eigenvalue weighted by Crippen LogP contribution is -2.25. The van der Waals surface area contributed by atoms with Gasteiger partial charge in [-0.3, -0.25) is 4.79 Å². The molecule has 0 saturated carbocycles. The highest BCUT2D eigenvalue weighted by molar-refractivity contribution is 6.17. The molecule has 0 fully saturated rings. The standard InChI is InChI=1S/C13H15ClF3NO2/c14-5-3-1-2-4-6-18-13(20)8-7-9(15)11(17)12(19)10(8)16/h7,19H,1-6H2,(H,18,20). The van der Waals surface area contributed by atoms with Crippen LogP contribution in [0.4, 0.5) is 13.2 Å². The van der Waals surface area contributed by atoms with Crippen molar-refractivity contribution in [1.82, 2.24) is 5.32 Å². The van der Waals surface area contributed by atoms with Crippen LogP contribution in [0.25, 0.3) is 0 Å². The van der Waals surface area contributed by atoms with Crippen LogP contribution in [0.3, 0.4) is 0 Å². The molecule has 112 valence electrons. The van der Waals surface area contributed by atoms with Gasteiger partial charge in [0.1, 0.15) is 0 Å². The number of hydrogen-bond acceptors (Lipinski definition) is 2. The van der Waals surface area contributed by atoms with E-state index in [-0.39, 0.29) is 6.54 Å². The van der Waals surface area contributed by atoms with Crippen LogP contribution < -0.4 is 5.32 Å². The third-order valence-electron chi connectivity index (χ3n) is 2.72. The molecule has 7 heteroatoms. The number of rotatable bonds is 7. The van der Waals surface area contributed by atoms with E-state index >= 15 is 0 Å². The minimum Gasteiger partial charge on any atom is -0.503 e. The Labute approximate surface area is 119 Å². The quantitative estimate of drug-likeness (QED) is 0.461. The number of unbranched alkanes of at least 4 members (excludes halogenated alkanes) is 3. The number of aromatic hydroxyl groups is 1. The van der Waals surface area contributed by atoms with E-state index in [1.54, 1.807) is 0 Å². The van der Waals surface area contributed by atoms with E-state index in [9.17, 15) is 18.0 Å². The fourth-order valence-corrected chi connectivity index (χ4v) is 1.81. The number of phenols is 1. The fraction of sp³-hybridized carbons (Fsp3) is 0.462. The summed E-state index contributed by atoms with van der Waals surface area (Å²) in [6.45, 7) is 0.278. The summed E-state index contributed by atoms with van der Waals surface area (Å²) in [4.78, 5) is 11.6. The number of halogens is 4. The lowest BCUT2D eigenvalue weighted by molar-refractivity contribution is 0.0947. The molecule has 0 aliphatic heterocycles. The van der Waals surface area contributed by atoms with Gasteiger partial charge in [0, 0.05) is 12.4 Å². The van der Waals surface area contributed by atoms with Crippen LogP contribution in [-0.2, 0) is 0 Å². The van der Waals surface area contributed by atoms with Crippen molar-refractivity contribution in [2.75, 3.05) is 12.4 Å². The number of benzene rings is 1. The number of hydrogen-bond donors (Lipinski definition) is 2. The van der Waals surface area contributed by atoms with Crippen molar-refractivity contribution in [3.8, 4) is 5.75 Å². The van der Waals surface area contributed by atoms with Gasteiger partial charge in [0.05, 0.1) is 5.56 Å². The lowest BCUT2D eigenvalue weighted by atomic mass is 10.1. The van der Waals surface area contributed by atoms with E-state index < -0.39 is 34.7 Å². The molecule has 0 heterocycles. The monoisotopic (exact) mass is 309 g/mol. The Hall–Kier alpha value is -1.43. The molecule has 0 aliphatic carbocycles. The summed E-state index contributed by atoms with van der Waals surface area (Å²) in [5, 5.41) is 11.4. The van der Waals surface area contributed by atoms with Crippen LogP contribution in [0.15, 0.2) is 6.07 Å². The van der Waals surface area contributed by atoms with E-state index in [0.29, 0.717) is 18.4 Å². The van der Waals surface area contributed by atoms with E-state index in [2.05, 4.69) is 5.32 Å². The van der Waals surface area contributed by atoms with Gasteiger partial charge in [0.25, 0.3) is 5.91 Å². The van der Waals surface area contributed by atoms with Crippen LogP contribution >= 0.6 is 11.6 Å². The molecule has 0 spiro atoms. The van der Waals surface area contributed by atoms with Crippen LogP contribution in [0.1, 0.15) is 36.0 Å². The smallest absolute Gasteiger partial charge is 0.254 e. The normalized spacial score (nSPS) is 10.6. The lowest BCUT2D eigenvalue weighted by Gasteiger charge is -2.08. The topological polar surface area (TPSA) is 49.3 Å². The second-order valence-electron chi connectivity index (χ2n) is 4.24. The zero-order chi connectivity index (χ0) is 15.1. The van der Waals surface area contributed by atoms with Gasteiger partial charge in [-0.1, -0.05) is 12.8 Å². The minimum absolute atomic E-state index is 0.278. The molecule has 0 saturated heterocycles. The number of alkyl halides is 1. The fourth-order valence-electron chi connectivity index (χ4n) is 1.63. The molecule has 0 atom stereocenters. The first-order valence-electron chi connectivity index (χ1n) is 6.19. The molecule has 1 aromatic rings. The van der Waals surface area contributed by atoms with E-state index in [1.807, 2.05) is 0 Å². The number of carbonyl (C=O) groups excluding carboxylic acids is 1. The van der Waals surface area contributed by atoms with Crippen molar-refractivity contribution >= 4 is 17.5 Å². The average molecular weight is 310 g/mol. The maximum Gasteiger partial charge on any atom is 0.254 e. The first-order chi connectivity index (χ1) is 9.49. The summed E-state index contributed by atoms with van der Waals surface area (Å²) < 4.78 is 39.3. The Kier molecular flexibility index (Phi) is 6.64. The molecule has 0 unspecified atom stereocenters. The summed E-state index contributed by atoms with van der Waals surface area (Å²) in [5.74, 6) is -6.46. The molecule has 0 bridgehead atoms. The first kappa shape index (κ1) is 16.6. The average Bonchev–Trinajstić information content (AvgIpc) is 2.44. The second kappa shape index (κ2) is 7.99.